The summed E-state index contributed by atoms with van der Waals surface area (Å²) in [6, 6.07) is 15.0. The molecule has 1 aliphatic heterocycles. The minimum atomic E-state index is -0.281. The van der Waals surface area contributed by atoms with Crippen LogP contribution in [0.5, 0.6) is 0 Å². The highest BCUT2D eigenvalue weighted by atomic mass is 32.2. The van der Waals surface area contributed by atoms with Gasteiger partial charge in [-0.2, -0.15) is 5.10 Å². The number of hydrogen-bond donors (Lipinski definition) is 1. The van der Waals surface area contributed by atoms with Crippen LogP contribution < -0.4 is 5.43 Å². The van der Waals surface area contributed by atoms with E-state index in [0.717, 1.165) is 5.56 Å². The Bertz CT molecular complexity index is 749. The monoisotopic (exact) mass is 329 g/mol. The molecule has 0 fully saturated rings. The van der Waals surface area contributed by atoms with Gasteiger partial charge in [0.15, 0.2) is 5.84 Å². The van der Waals surface area contributed by atoms with Crippen LogP contribution in [0.4, 0.5) is 4.39 Å². The molecule has 1 amide bonds. The summed E-state index contributed by atoms with van der Waals surface area (Å²) in [5.74, 6) is 0.819. The number of hydrogen-bond acceptors (Lipinski definition) is 4. The number of thioether (sulfide) groups is 1. The van der Waals surface area contributed by atoms with Crippen LogP contribution in [0.2, 0.25) is 0 Å². The second kappa shape index (κ2) is 6.83. The molecule has 0 atom stereocenters. The first-order valence-corrected chi connectivity index (χ1v) is 8.16. The van der Waals surface area contributed by atoms with E-state index in [0.29, 0.717) is 22.0 Å². The van der Waals surface area contributed by atoms with Gasteiger partial charge in [-0.1, -0.05) is 30.3 Å². The maximum Gasteiger partial charge on any atom is 0.259 e. The Morgan fingerprint density at radius 1 is 1.26 bits per heavy atom. The predicted octanol–water partition coefficient (Wildman–Crippen LogP) is 2.84. The third kappa shape index (κ3) is 3.71. The van der Waals surface area contributed by atoms with Crippen molar-refractivity contribution < 1.29 is 9.18 Å². The van der Waals surface area contributed by atoms with E-state index in [1.165, 1.54) is 17.8 Å². The molecule has 0 aromatic heterocycles. The largest absolute Gasteiger partial charge is 0.348 e. The number of rotatable bonds is 4. The minimum absolute atomic E-state index is 0.174. The molecule has 0 bridgehead atoms. The number of nitrogens with one attached hydrogen (secondary N) is 1. The number of halogens is 1. The summed E-state index contributed by atoms with van der Waals surface area (Å²) in [6.45, 7) is 0.213. The first-order valence-electron chi connectivity index (χ1n) is 7.18. The van der Waals surface area contributed by atoms with Crippen LogP contribution >= 0.6 is 11.8 Å². The molecule has 2 aromatic rings. The summed E-state index contributed by atoms with van der Waals surface area (Å²) in [5.41, 5.74) is 4.22. The Hall–Kier alpha value is -2.34. The van der Waals surface area contributed by atoms with Crippen LogP contribution in [-0.4, -0.2) is 30.2 Å². The highest BCUT2D eigenvalue weighted by Crippen LogP contribution is 2.26. The molecule has 2 aromatic carbocycles. The molecule has 0 unspecified atom stereocenters. The van der Waals surface area contributed by atoms with Crippen LogP contribution in [0.3, 0.4) is 0 Å². The van der Waals surface area contributed by atoms with Crippen molar-refractivity contribution in [3.63, 3.8) is 0 Å². The molecule has 0 saturated heterocycles. The fourth-order valence-electron chi connectivity index (χ4n) is 2.30. The Morgan fingerprint density at radius 3 is 2.74 bits per heavy atom. The molecule has 1 N–H and O–H groups in total. The number of amidine groups is 1. The topological polar surface area (TPSA) is 44.7 Å². The summed E-state index contributed by atoms with van der Waals surface area (Å²) in [6.07, 6.45) is 0. The van der Waals surface area contributed by atoms with Gasteiger partial charge in [0.2, 0.25) is 0 Å². The van der Waals surface area contributed by atoms with Gasteiger partial charge in [-0.3, -0.25) is 4.79 Å². The van der Waals surface area contributed by atoms with Crippen LogP contribution in [0.1, 0.15) is 11.1 Å². The van der Waals surface area contributed by atoms with Gasteiger partial charge in [-0.05, 0) is 23.8 Å². The number of benzene rings is 2. The van der Waals surface area contributed by atoms with E-state index in [-0.39, 0.29) is 18.3 Å². The first-order chi connectivity index (χ1) is 11.1. The molecule has 1 heterocycles. The van der Waals surface area contributed by atoms with Crippen LogP contribution in [0, 0.1) is 5.82 Å². The summed E-state index contributed by atoms with van der Waals surface area (Å²) in [7, 11) is 1.76. The lowest BCUT2D eigenvalue weighted by Gasteiger charge is -2.24. The molecule has 1 aliphatic rings. The van der Waals surface area contributed by atoms with Crippen molar-refractivity contribution in [2.75, 3.05) is 13.6 Å². The maximum absolute atomic E-state index is 14.3. The number of carbonyl (C=O) groups is 1. The molecule has 0 radical (unpaired) electrons. The van der Waals surface area contributed by atoms with Gasteiger partial charge in [-0.25, -0.2) is 9.82 Å². The zero-order valence-electron chi connectivity index (χ0n) is 12.6. The number of amides is 1. The molecule has 4 nitrogen and oxygen atoms in total. The van der Waals surface area contributed by atoms with Gasteiger partial charge < -0.3 is 4.90 Å². The second-order valence-electron chi connectivity index (χ2n) is 5.25. The van der Waals surface area contributed by atoms with Crippen molar-refractivity contribution in [2.45, 2.75) is 10.6 Å². The molecule has 0 aliphatic carbocycles. The average molecular weight is 329 g/mol. The Balaban J connectivity index is 1.74. The van der Waals surface area contributed by atoms with Gasteiger partial charge >= 0.3 is 0 Å². The summed E-state index contributed by atoms with van der Waals surface area (Å²) in [5, 5.41) is 4.00. The third-order valence-corrected chi connectivity index (χ3v) is 4.58. The fraction of sp³-hybridized carbons (Fsp3) is 0.176. The van der Waals surface area contributed by atoms with Crippen molar-refractivity contribution in [3.8, 4) is 0 Å². The maximum atomic E-state index is 14.3. The molecule has 3 rings (SSSR count). The first kappa shape index (κ1) is 15.6. The van der Waals surface area contributed by atoms with Gasteiger partial charge in [0.25, 0.3) is 5.91 Å². The van der Waals surface area contributed by atoms with Crippen LogP contribution in [0.15, 0.2) is 58.5 Å². The van der Waals surface area contributed by atoms with Crippen molar-refractivity contribution in [1.82, 2.24) is 10.3 Å². The molecular weight excluding hydrogens is 313 g/mol. The molecule has 0 spiro atoms. The molecular formula is C17H16FN3OS. The standard InChI is InChI=1S/C17H16FN3OS/c1-21-10-16(22)19-20-17(21)13-7-8-15(14(18)9-13)23-11-12-5-3-2-4-6-12/h2-9H,10-11H2,1H3,(H,19,22). The zero-order valence-corrected chi connectivity index (χ0v) is 13.4. The normalized spacial score (nSPS) is 14.4. The highest BCUT2D eigenvalue weighted by Gasteiger charge is 2.19. The van der Waals surface area contributed by atoms with Gasteiger partial charge in [-0.15, -0.1) is 11.8 Å². The molecule has 0 saturated carbocycles. The van der Waals surface area contributed by atoms with E-state index >= 15 is 0 Å². The second-order valence-corrected chi connectivity index (χ2v) is 6.26. The van der Waals surface area contributed by atoms with E-state index in [4.69, 9.17) is 0 Å². The van der Waals surface area contributed by atoms with E-state index < -0.39 is 0 Å². The van der Waals surface area contributed by atoms with Crippen molar-refractivity contribution in [3.05, 3.63) is 65.5 Å². The lowest BCUT2D eigenvalue weighted by molar-refractivity contribution is -0.121. The average Bonchev–Trinajstić information content (AvgIpc) is 2.55. The van der Waals surface area contributed by atoms with E-state index in [1.807, 2.05) is 36.4 Å². The summed E-state index contributed by atoms with van der Waals surface area (Å²) >= 11 is 1.46. The third-order valence-electron chi connectivity index (χ3n) is 3.46. The molecule has 118 valence electrons. The van der Waals surface area contributed by atoms with Gasteiger partial charge in [0.05, 0.1) is 6.54 Å². The number of nitrogens with zero attached hydrogens (tertiary/aromatic N) is 2. The van der Waals surface area contributed by atoms with Gasteiger partial charge in [0.1, 0.15) is 5.82 Å². The van der Waals surface area contributed by atoms with Crippen LogP contribution in [0.25, 0.3) is 0 Å². The smallest absolute Gasteiger partial charge is 0.259 e. The predicted molar refractivity (Wildman–Crippen MR) is 89.7 cm³/mol. The van der Waals surface area contributed by atoms with E-state index in [2.05, 4.69) is 10.5 Å². The number of hydrazone groups is 1. The minimum Gasteiger partial charge on any atom is -0.348 e. The summed E-state index contributed by atoms with van der Waals surface area (Å²) in [4.78, 5) is 13.6. The van der Waals surface area contributed by atoms with E-state index in [9.17, 15) is 9.18 Å². The zero-order chi connectivity index (χ0) is 16.2. The number of carbonyl (C=O) groups excluding carboxylic acids is 1. The van der Waals surface area contributed by atoms with Gasteiger partial charge in [0, 0.05) is 23.3 Å². The quantitative estimate of drug-likeness (QED) is 0.877. The Kier molecular flexibility index (Phi) is 4.62. The Labute approximate surface area is 138 Å². The van der Waals surface area contributed by atoms with Crippen molar-refractivity contribution in [1.29, 1.82) is 0 Å². The SMILES string of the molecule is CN1CC(=O)NN=C1c1ccc(SCc2ccccc2)c(F)c1. The molecule has 6 heteroatoms. The lowest BCUT2D eigenvalue weighted by Crippen LogP contribution is -2.43. The van der Waals surface area contributed by atoms with Crippen molar-refractivity contribution in [2.24, 2.45) is 5.10 Å². The highest BCUT2D eigenvalue weighted by molar-refractivity contribution is 7.98. The lowest BCUT2D eigenvalue weighted by atomic mass is 10.2. The summed E-state index contributed by atoms with van der Waals surface area (Å²) < 4.78 is 14.3. The Morgan fingerprint density at radius 2 is 2.04 bits per heavy atom. The van der Waals surface area contributed by atoms with Crippen LogP contribution in [-0.2, 0) is 10.5 Å². The molecule has 23 heavy (non-hydrogen) atoms. The van der Waals surface area contributed by atoms with E-state index in [1.54, 1.807) is 18.0 Å². The fourth-order valence-corrected chi connectivity index (χ4v) is 3.18. The van der Waals surface area contributed by atoms with Crippen molar-refractivity contribution >= 4 is 23.5 Å². The number of likely N-dealkylation sites (N-methyl/N-ethyl adjacent to an activating group) is 1.